The molecule has 0 fully saturated rings. The highest BCUT2D eigenvalue weighted by Gasteiger charge is 2.26. The second kappa shape index (κ2) is 5.83. The summed E-state index contributed by atoms with van der Waals surface area (Å²) in [6.07, 6.45) is -0.174. The molecule has 1 heterocycles. The first kappa shape index (κ1) is 16.1. The molecule has 21 heavy (non-hydrogen) atoms. The monoisotopic (exact) mass is 345 g/mol. The van der Waals surface area contributed by atoms with Gasteiger partial charge >= 0.3 is 5.97 Å². The largest absolute Gasteiger partial charge is 0.481 e. The molecule has 2 aromatic rings. The van der Waals surface area contributed by atoms with Crippen LogP contribution in [0, 0.1) is 0 Å². The van der Waals surface area contributed by atoms with E-state index in [4.69, 9.17) is 28.3 Å². The van der Waals surface area contributed by atoms with Crippen molar-refractivity contribution >= 4 is 56.5 Å². The number of benzene rings is 1. The van der Waals surface area contributed by atoms with Crippen LogP contribution in [0.15, 0.2) is 18.2 Å². The van der Waals surface area contributed by atoms with E-state index < -0.39 is 11.5 Å². The lowest BCUT2D eigenvalue weighted by molar-refractivity contribution is -0.138. The maximum Gasteiger partial charge on any atom is 0.305 e. The molecule has 0 aliphatic rings. The fourth-order valence-electron chi connectivity index (χ4n) is 1.97. The van der Waals surface area contributed by atoms with Gasteiger partial charge in [-0.1, -0.05) is 29.3 Å². The number of fused-ring (bicyclic) bond motifs is 1. The Morgan fingerprint density at radius 1 is 1.33 bits per heavy atom. The minimum atomic E-state index is -0.977. The summed E-state index contributed by atoms with van der Waals surface area (Å²) in [5.41, 5.74) is -0.861. The third-order valence-electron chi connectivity index (χ3n) is 2.84. The zero-order valence-electron chi connectivity index (χ0n) is 11.4. The number of amides is 1. The molecule has 2 rings (SSSR count). The van der Waals surface area contributed by atoms with Crippen LogP contribution in [-0.2, 0) is 4.79 Å². The molecule has 0 spiro atoms. The molecule has 0 unspecified atom stereocenters. The number of carboxylic acid groups (broad SMARTS) is 1. The number of rotatable bonds is 4. The van der Waals surface area contributed by atoms with Crippen LogP contribution in [0.3, 0.4) is 0 Å². The third-order valence-corrected chi connectivity index (χ3v) is 4.73. The molecule has 0 bridgehead atoms. The lowest BCUT2D eigenvalue weighted by Crippen LogP contribution is -2.44. The minimum Gasteiger partial charge on any atom is -0.481 e. The number of halogens is 2. The van der Waals surface area contributed by atoms with Gasteiger partial charge in [0.15, 0.2) is 0 Å². The second-order valence-electron chi connectivity index (χ2n) is 5.29. The van der Waals surface area contributed by atoms with Gasteiger partial charge in [0.2, 0.25) is 0 Å². The van der Waals surface area contributed by atoms with E-state index in [9.17, 15) is 9.59 Å². The highest BCUT2D eigenvalue weighted by Crippen LogP contribution is 2.36. The maximum atomic E-state index is 12.3. The number of carboxylic acids is 1. The Morgan fingerprint density at radius 3 is 2.62 bits per heavy atom. The molecule has 112 valence electrons. The van der Waals surface area contributed by atoms with Gasteiger partial charge in [0.05, 0.1) is 11.4 Å². The molecular formula is C14H13Cl2NO3S. The average molecular weight is 346 g/mol. The van der Waals surface area contributed by atoms with Crippen LogP contribution < -0.4 is 5.32 Å². The quantitative estimate of drug-likeness (QED) is 0.872. The van der Waals surface area contributed by atoms with Crippen molar-refractivity contribution in [2.45, 2.75) is 25.8 Å². The van der Waals surface area contributed by atoms with Gasteiger partial charge in [-0.15, -0.1) is 11.3 Å². The Labute approximate surface area is 135 Å². The second-order valence-corrected chi connectivity index (χ2v) is 7.16. The topological polar surface area (TPSA) is 66.4 Å². The summed E-state index contributed by atoms with van der Waals surface area (Å²) in [7, 11) is 0. The first-order chi connectivity index (χ1) is 9.69. The molecule has 2 N–H and O–H groups in total. The van der Waals surface area contributed by atoms with Crippen molar-refractivity contribution in [3.05, 3.63) is 33.1 Å². The van der Waals surface area contributed by atoms with Gasteiger partial charge in [-0.25, -0.2) is 0 Å². The molecule has 0 saturated carbocycles. The number of hydrogen-bond acceptors (Lipinski definition) is 3. The van der Waals surface area contributed by atoms with Crippen LogP contribution in [0.2, 0.25) is 10.0 Å². The van der Waals surface area contributed by atoms with Crippen molar-refractivity contribution in [3.8, 4) is 0 Å². The number of aliphatic carboxylic acids is 1. The normalized spacial score (nSPS) is 11.6. The van der Waals surface area contributed by atoms with Crippen molar-refractivity contribution in [1.29, 1.82) is 0 Å². The molecule has 0 atom stereocenters. The molecule has 0 radical (unpaired) electrons. The molecule has 1 aromatic carbocycles. The van der Waals surface area contributed by atoms with Gasteiger partial charge in [0.25, 0.3) is 5.91 Å². The molecule has 7 heteroatoms. The van der Waals surface area contributed by atoms with Crippen molar-refractivity contribution in [3.63, 3.8) is 0 Å². The molecule has 1 amide bonds. The van der Waals surface area contributed by atoms with E-state index in [0.29, 0.717) is 14.9 Å². The highest BCUT2D eigenvalue weighted by atomic mass is 35.5. The average Bonchev–Trinajstić information content (AvgIpc) is 2.63. The van der Waals surface area contributed by atoms with Crippen molar-refractivity contribution in [2.24, 2.45) is 0 Å². The predicted molar refractivity (Wildman–Crippen MR) is 85.6 cm³/mol. The molecule has 4 nitrogen and oxygen atoms in total. The number of thiophene rings is 1. The zero-order chi connectivity index (χ0) is 15.8. The van der Waals surface area contributed by atoms with Crippen molar-refractivity contribution in [1.82, 2.24) is 5.32 Å². The number of carbonyl (C=O) groups excluding carboxylic acids is 1. The Bertz CT molecular complexity index is 724. The van der Waals surface area contributed by atoms with E-state index >= 15 is 0 Å². The van der Waals surface area contributed by atoms with E-state index in [-0.39, 0.29) is 12.3 Å². The zero-order valence-corrected chi connectivity index (χ0v) is 13.7. The summed E-state index contributed by atoms with van der Waals surface area (Å²) in [5, 5.41) is 13.2. The molecule has 0 aliphatic heterocycles. The van der Waals surface area contributed by atoms with Gasteiger partial charge in [-0.2, -0.15) is 0 Å². The van der Waals surface area contributed by atoms with E-state index in [0.717, 1.165) is 10.1 Å². The van der Waals surface area contributed by atoms with Crippen molar-refractivity contribution in [2.75, 3.05) is 0 Å². The smallest absolute Gasteiger partial charge is 0.305 e. The van der Waals surface area contributed by atoms with Crippen LogP contribution in [-0.4, -0.2) is 22.5 Å². The summed E-state index contributed by atoms with van der Waals surface area (Å²) in [4.78, 5) is 23.4. The van der Waals surface area contributed by atoms with Crippen molar-refractivity contribution < 1.29 is 14.7 Å². The van der Waals surface area contributed by atoms with E-state index in [1.54, 1.807) is 32.0 Å². The van der Waals surface area contributed by atoms with Gasteiger partial charge in [-0.05, 0) is 26.0 Å². The van der Waals surface area contributed by atoms with Gasteiger partial charge in [0, 0.05) is 20.6 Å². The Hall–Kier alpha value is -1.30. The number of nitrogens with one attached hydrogen (secondary N) is 1. The third kappa shape index (κ3) is 3.67. The van der Waals surface area contributed by atoms with E-state index in [1.807, 2.05) is 0 Å². The summed E-state index contributed by atoms with van der Waals surface area (Å²) < 4.78 is 0.814. The predicted octanol–water partition coefficient (Wildman–Crippen LogP) is 4.19. The SMILES string of the molecule is CC(C)(CC(=O)O)NC(=O)c1sc2cc(Cl)ccc2c1Cl. The summed E-state index contributed by atoms with van der Waals surface area (Å²) in [6, 6.07) is 5.21. The van der Waals surface area contributed by atoms with E-state index in [2.05, 4.69) is 5.32 Å². The lowest BCUT2D eigenvalue weighted by atomic mass is 10.0. The molecule has 1 aromatic heterocycles. The molecule has 0 aliphatic carbocycles. The lowest BCUT2D eigenvalue weighted by Gasteiger charge is -2.23. The molecular weight excluding hydrogens is 333 g/mol. The van der Waals surface area contributed by atoms with Gasteiger partial charge < -0.3 is 10.4 Å². The summed E-state index contributed by atoms with van der Waals surface area (Å²) in [6.45, 7) is 3.30. The van der Waals surface area contributed by atoms with Crippen LogP contribution in [0.4, 0.5) is 0 Å². The van der Waals surface area contributed by atoms with E-state index in [1.165, 1.54) is 11.3 Å². The maximum absolute atomic E-state index is 12.3. The Kier molecular flexibility index (Phi) is 4.46. The summed E-state index contributed by atoms with van der Waals surface area (Å²) >= 11 is 13.4. The molecule has 0 saturated heterocycles. The van der Waals surface area contributed by atoms with Crippen LogP contribution >= 0.6 is 34.5 Å². The first-order valence-corrected chi connectivity index (χ1v) is 7.69. The Morgan fingerprint density at radius 2 is 2.00 bits per heavy atom. The number of carbonyl (C=O) groups is 2. The fraction of sp³-hybridized carbons (Fsp3) is 0.286. The van der Waals surface area contributed by atoms with Gasteiger partial charge in [-0.3, -0.25) is 9.59 Å². The Balaban J connectivity index is 2.31. The summed E-state index contributed by atoms with van der Waals surface area (Å²) in [5.74, 6) is -1.36. The van der Waals surface area contributed by atoms with Crippen LogP contribution in [0.25, 0.3) is 10.1 Å². The van der Waals surface area contributed by atoms with Gasteiger partial charge in [0.1, 0.15) is 4.88 Å². The highest BCUT2D eigenvalue weighted by molar-refractivity contribution is 7.21. The minimum absolute atomic E-state index is 0.174. The van der Waals surface area contributed by atoms with Crippen LogP contribution in [0.1, 0.15) is 29.9 Å². The fourth-order valence-corrected chi connectivity index (χ4v) is 3.66. The standard InChI is InChI=1S/C14H13Cl2NO3S/c1-14(2,6-10(18)19)17-13(20)12-11(16)8-4-3-7(15)5-9(8)21-12/h3-5H,6H2,1-2H3,(H,17,20)(H,18,19). The van der Waals surface area contributed by atoms with Crippen LogP contribution in [0.5, 0.6) is 0 Å². The first-order valence-electron chi connectivity index (χ1n) is 6.11. The number of hydrogen-bond donors (Lipinski definition) is 2.